The molecule has 0 unspecified atom stereocenters. The molecule has 1 saturated heterocycles. The quantitative estimate of drug-likeness (QED) is 0.740. The van der Waals surface area contributed by atoms with Crippen LogP contribution in [0.25, 0.3) is 0 Å². The Labute approximate surface area is 162 Å². The normalized spacial score (nSPS) is 22.5. The summed E-state index contributed by atoms with van der Waals surface area (Å²) < 4.78 is 12.0. The number of rotatable bonds is 3. The largest absolute Gasteiger partial charge is 0.493 e. The van der Waals surface area contributed by atoms with Gasteiger partial charge in [-0.2, -0.15) is 0 Å². The van der Waals surface area contributed by atoms with Crippen LogP contribution >= 0.6 is 15.9 Å². The van der Waals surface area contributed by atoms with Gasteiger partial charge in [-0.1, -0.05) is 28.1 Å². The molecule has 0 amide bonds. The van der Waals surface area contributed by atoms with E-state index in [0.29, 0.717) is 18.6 Å². The number of piperidine rings is 1. The van der Waals surface area contributed by atoms with E-state index in [9.17, 15) is 4.79 Å². The third-order valence-corrected chi connectivity index (χ3v) is 6.07. The van der Waals surface area contributed by atoms with Gasteiger partial charge in [-0.3, -0.25) is 9.69 Å². The maximum atomic E-state index is 12.6. The Balaban J connectivity index is 1.74. The minimum atomic E-state index is 0.105. The Kier molecular flexibility index (Phi) is 4.76. The summed E-state index contributed by atoms with van der Waals surface area (Å²) in [5, 5.41) is 0. The highest BCUT2D eigenvalue weighted by Gasteiger charge is 2.39. The van der Waals surface area contributed by atoms with Crippen LogP contribution in [0.1, 0.15) is 41.6 Å². The van der Waals surface area contributed by atoms with Crippen molar-refractivity contribution in [3.8, 4) is 11.5 Å². The number of halogens is 1. The average Bonchev–Trinajstić information content (AvgIpc) is 2.66. The van der Waals surface area contributed by atoms with Gasteiger partial charge < -0.3 is 9.47 Å². The SMILES string of the molecule is COc1cc2c(cc1OC)[C@H]1CC(=O)C[C@H](c3ccc(Br)cc3)N1CC2. The molecule has 2 aliphatic rings. The Bertz CT molecular complexity index is 834. The molecule has 0 N–H and O–H groups in total. The van der Waals surface area contributed by atoms with E-state index in [1.807, 2.05) is 0 Å². The Morgan fingerprint density at radius 1 is 1.00 bits per heavy atom. The summed E-state index contributed by atoms with van der Waals surface area (Å²) in [5.74, 6) is 1.81. The molecule has 0 aliphatic carbocycles. The van der Waals surface area contributed by atoms with Gasteiger partial charge in [-0.25, -0.2) is 0 Å². The summed E-state index contributed by atoms with van der Waals surface area (Å²) >= 11 is 3.49. The molecule has 0 aromatic heterocycles. The first kappa shape index (κ1) is 17.6. The van der Waals surface area contributed by atoms with Crippen molar-refractivity contribution in [1.29, 1.82) is 0 Å². The van der Waals surface area contributed by atoms with Crippen LogP contribution in [-0.2, 0) is 11.2 Å². The lowest BCUT2D eigenvalue weighted by atomic mass is 9.81. The lowest BCUT2D eigenvalue weighted by Gasteiger charge is -2.45. The summed E-state index contributed by atoms with van der Waals surface area (Å²) in [4.78, 5) is 15.0. The van der Waals surface area contributed by atoms with Crippen molar-refractivity contribution in [3.05, 3.63) is 57.6 Å². The van der Waals surface area contributed by atoms with Crippen molar-refractivity contribution in [2.24, 2.45) is 0 Å². The Hall–Kier alpha value is -1.85. The second-order valence-electron chi connectivity index (χ2n) is 6.92. The van der Waals surface area contributed by atoms with Crippen LogP contribution in [0, 0.1) is 0 Å². The number of Topliss-reactive ketones (excluding diaryl/α,β-unsaturated/α-hetero) is 1. The first-order valence-electron chi connectivity index (χ1n) is 8.88. The molecule has 136 valence electrons. The molecule has 5 heteroatoms. The van der Waals surface area contributed by atoms with Gasteiger partial charge in [0.05, 0.1) is 14.2 Å². The van der Waals surface area contributed by atoms with Crippen molar-refractivity contribution in [2.75, 3.05) is 20.8 Å². The second-order valence-corrected chi connectivity index (χ2v) is 7.84. The maximum absolute atomic E-state index is 12.6. The third kappa shape index (κ3) is 3.03. The van der Waals surface area contributed by atoms with Crippen molar-refractivity contribution in [1.82, 2.24) is 4.90 Å². The number of carbonyl (C=O) groups excluding carboxylic acids is 1. The number of hydrogen-bond acceptors (Lipinski definition) is 4. The molecule has 4 rings (SSSR count). The van der Waals surface area contributed by atoms with E-state index in [4.69, 9.17) is 9.47 Å². The molecule has 26 heavy (non-hydrogen) atoms. The summed E-state index contributed by atoms with van der Waals surface area (Å²) in [7, 11) is 3.31. The molecular formula is C21H22BrNO3. The fraction of sp³-hybridized carbons (Fsp3) is 0.381. The fourth-order valence-corrected chi connectivity index (χ4v) is 4.54. The van der Waals surface area contributed by atoms with Crippen molar-refractivity contribution < 1.29 is 14.3 Å². The Morgan fingerprint density at radius 2 is 1.65 bits per heavy atom. The van der Waals surface area contributed by atoms with E-state index in [0.717, 1.165) is 28.9 Å². The van der Waals surface area contributed by atoms with Gasteiger partial charge >= 0.3 is 0 Å². The van der Waals surface area contributed by atoms with E-state index in [1.54, 1.807) is 14.2 Å². The number of carbonyl (C=O) groups is 1. The molecule has 0 saturated carbocycles. The predicted octanol–water partition coefficient (Wildman–Crippen LogP) is 4.47. The van der Waals surface area contributed by atoms with E-state index < -0.39 is 0 Å². The molecule has 4 nitrogen and oxygen atoms in total. The summed E-state index contributed by atoms with van der Waals surface area (Å²) in [6.07, 6.45) is 2.10. The summed E-state index contributed by atoms with van der Waals surface area (Å²) in [6.45, 7) is 0.946. The number of benzene rings is 2. The van der Waals surface area contributed by atoms with E-state index in [-0.39, 0.29) is 12.1 Å². The van der Waals surface area contributed by atoms with Crippen LogP contribution in [0.2, 0.25) is 0 Å². The molecule has 2 heterocycles. The number of ether oxygens (including phenoxy) is 2. The molecule has 1 fully saturated rings. The van der Waals surface area contributed by atoms with Crippen LogP contribution < -0.4 is 9.47 Å². The molecule has 0 spiro atoms. The maximum Gasteiger partial charge on any atom is 0.161 e. The van der Waals surface area contributed by atoms with E-state index >= 15 is 0 Å². The van der Waals surface area contributed by atoms with Crippen LogP contribution in [0.3, 0.4) is 0 Å². The number of fused-ring (bicyclic) bond motifs is 3. The van der Waals surface area contributed by atoms with E-state index in [2.05, 4.69) is 57.2 Å². The highest BCUT2D eigenvalue weighted by atomic mass is 79.9. The van der Waals surface area contributed by atoms with E-state index in [1.165, 1.54) is 16.7 Å². The van der Waals surface area contributed by atoms with Crippen LogP contribution in [-0.4, -0.2) is 31.4 Å². The van der Waals surface area contributed by atoms with Crippen molar-refractivity contribution in [2.45, 2.75) is 31.3 Å². The van der Waals surface area contributed by atoms with Crippen LogP contribution in [0.5, 0.6) is 11.5 Å². The standard InChI is InChI=1S/C21H22BrNO3/c1-25-20-9-14-7-8-23-18(13-3-5-15(22)6-4-13)10-16(24)11-19(23)17(14)12-21(20)26-2/h3-6,9,12,18-19H,7-8,10-11H2,1-2H3/t18-,19-/m1/s1. The molecule has 0 radical (unpaired) electrons. The lowest BCUT2D eigenvalue weighted by Crippen LogP contribution is -2.43. The molecule has 2 aromatic carbocycles. The highest BCUT2D eigenvalue weighted by molar-refractivity contribution is 9.10. The highest BCUT2D eigenvalue weighted by Crippen LogP contribution is 2.46. The number of ketones is 1. The predicted molar refractivity (Wildman–Crippen MR) is 104 cm³/mol. The fourth-order valence-electron chi connectivity index (χ4n) is 4.27. The van der Waals surface area contributed by atoms with Gasteiger partial charge in [0.1, 0.15) is 5.78 Å². The number of methoxy groups -OCH3 is 2. The average molecular weight is 416 g/mol. The van der Waals surface area contributed by atoms with Gasteiger partial charge in [0.25, 0.3) is 0 Å². The van der Waals surface area contributed by atoms with Gasteiger partial charge in [-0.15, -0.1) is 0 Å². The molecule has 0 bridgehead atoms. The van der Waals surface area contributed by atoms with Gasteiger partial charge in [0.2, 0.25) is 0 Å². The smallest absolute Gasteiger partial charge is 0.161 e. The number of nitrogens with zero attached hydrogens (tertiary/aromatic N) is 1. The molecular weight excluding hydrogens is 394 g/mol. The summed E-state index contributed by atoms with van der Waals surface area (Å²) in [6, 6.07) is 12.7. The van der Waals surface area contributed by atoms with Crippen molar-refractivity contribution in [3.63, 3.8) is 0 Å². The van der Waals surface area contributed by atoms with Gasteiger partial charge in [0.15, 0.2) is 11.5 Å². The zero-order valence-corrected chi connectivity index (χ0v) is 16.6. The minimum absolute atomic E-state index is 0.105. The minimum Gasteiger partial charge on any atom is -0.493 e. The topological polar surface area (TPSA) is 38.8 Å². The second kappa shape index (κ2) is 7.05. The first-order valence-corrected chi connectivity index (χ1v) is 9.67. The Morgan fingerprint density at radius 3 is 2.35 bits per heavy atom. The molecule has 2 aromatic rings. The lowest BCUT2D eigenvalue weighted by molar-refractivity contribution is -0.126. The first-order chi connectivity index (χ1) is 12.6. The molecule has 2 aliphatic heterocycles. The van der Waals surface area contributed by atoms with Crippen LogP contribution in [0.15, 0.2) is 40.9 Å². The molecule has 2 atom stereocenters. The monoisotopic (exact) mass is 415 g/mol. The third-order valence-electron chi connectivity index (χ3n) is 5.54. The zero-order valence-electron chi connectivity index (χ0n) is 15.0. The van der Waals surface area contributed by atoms with Gasteiger partial charge in [0, 0.05) is 35.9 Å². The number of hydrogen-bond donors (Lipinski definition) is 0. The zero-order chi connectivity index (χ0) is 18.3. The van der Waals surface area contributed by atoms with Crippen molar-refractivity contribution >= 4 is 21.7 Å². The van der Waals surface area contributed by atoms with Gasteiger partial charge in [-0.05, 0) is 47.4 Å². The van der Waals surface area contributed by atoms with Crippen LogP contribution in [0.4, 0.5) is 0 Å². The summed E-state index contributed by atoms with van der Waals surface area (Å²) in [5.41, 5.74) is 3.66.